The summed E-state index contributed by atoms with van der Waals surface area (Å²) < 4.78 is 0. The Hall–Kier alpha value is -1.55. The van der Waals surface area contributed by atoms with Crippen LogP contribution in [-0.4, -0.2) is 21.2 Å². The predicted molar refractivity (Wildman–Crippen MR) is 58.5 cm³/mol. The molecule has 3 rings (SSSR count). The van der Waals surface area contributed by atoms with Gasteiger partial charge in [0.2, 0.25) is 0 Å². The third kappa shape index (κ3) is 1.37. The molecule has 4 N–H and O–H groups in total. The van der Waals surface area contributed by atoms with Crippen LogP contribution in [-0.2, 0) is 0 Å². The molecule has 0 spiro atoms. The maximum absolute atomic E-state index is 9.24. The molecule has 4 nitrogen and oxygen atoms in total. The molecule has 0 aliphatic heterocycles. The van der Waals surface area contributed by atoms with Crippen molar-refractivity contribution in [3.63, 3.8) is 0 Å². The van der Waals surface area contributed by atoms with E-state index < -0.39 is 0 Å². The summed E-state index contributed by atoms with van der Waals surface area (Å²) in [5.74, 6) is 1.36. The Kier molecular flexibility index (Phi) is 1.73. The highest BCUT2D eigenvalue weighted by Gasteiger charge is 2.30. The van der Waals surface area contributed by atoms with E-state index in [0.29, 0.717) is 5.92 Å². The number of nitrogens with one attached hydrogen (secondary N) is 1. The van der Waals surface area contributed by atoms with Crippen molar-refractivity contribution in [2.24, 2.45) is 0 Å². The van der Waals surface area contributed by atoms with Gasteiger partial charge >= 0.3 is 0 Å². The summed E-state index contributed by atoms with van der Waals surface area (Å²) in [6.45, 7) is 0. The second kappa shape index (κ2) is 2.97. The Morgan fingerprint density at radius 2 is 2.20 bits per heavy atom. The van der Waals surface area contributed by atoms with Gasteiger partial charge in [-0.2, -0.15) is 0 Å². The van der Waals surface area contributed by atoms with E-state index in [-0.39, 0.29) is 6.10 Å². The minimum Gasteiger partial charge on any atom is -0.399 e. The van der Waals surface area contributed by atoms with Gasteiger partial charge in [0.15, 0.2) is 0 Å². The zero-order valence-electron chi connectivity index (χ0n) is 8.27. The van der Waals surface area contributed by atoms with Crippen molar-refractivity contribution in [3.05, 3.63) is 24.0 Å². The number of aliphatic hydroxyl groups excluding tert-OH is 1. The van der Waals surface area contributed by atoms with Crippen LogP contribution in [0.2, 0.25) is 0 Å². The molecule has 1 fully saturated rings. The standard InChI is InChI=1S/C11H13N3O/c12-7-1-2-9-10(5-7)14-11(13-9)6-3-8(15)4-6/h1-2,5-6,8,15H,3-4,12H2,(H,13,14). The summed E-state index contributed by atoms with van der Waals surface area (Å²) in [7, 11) is 0. The number of rotatable bonds is 1. The first-order chi connectivity index (χ1) is 7.22. The molecule has 1 saturated carbocycles. The van der Waals surface area contributed by atoms with Crippen molar-refractivity contribution in [2.45, 2.75) is 24.9 Å². The third-order valence-corrected chi connectivity index (χ3v) is 3.02. The average molecular weight is 203 g/mol. The van der Waals surface area contributed by atoms with E-state index in [1.54, 1.807) is 0 Å². The number of anilines is 1. The Bertz CT molecular complexity index is 500. The number of fused-ring (bicyclic) bond motifs is 1. The average Bonchev–Trinajstić information content (AvgIpc) is 2.55. The summed E-state index contributed by atoms with van der Waals surface area (Å²) in [6, 6.07) is 5.66. The van der Waals surface area contributed by atoms with Crippen molar-refractivity contribution < 1.29 is 5.11 Å². The number of aliphatic hydroxyl groups is 1. The normalized spacial score (nSPS) is 25.4. The number of hydrogen-bond acceptors (Lipinski definition) is 3. The van der Waals surface area contributed by atoms with Gasteiger partial charge in [-0.1, -0.05) is 0 Å². The molecule has 1 heterocycles. The van der Waals surface area contributed by atoms with Crippen molar-refractivity contribution in [3.8, 4) is 0 Å². The fraction of sp³-hybridized carbons (Fsp3) is 0.364. The van der Waals surface area contributed by atoms with E-state index in [9.17, 15) is 5.11 Å². The zero-order chi connectivity index (χ0) is 10.4. The quantitative estimate of drug-likeness (QED) is 0.613. The van der Waals surface area contributed by atoms with Crippen molar-refractivity contribution in [1.29, 1.82) is 0 Å². The van der Waals surface area contributed by atoms with Gasteiger partial charge in [0.05, 0.1) is 17.1 Å². The number of benzene rings is 1. The van der Waals surface area contributed by atoms with E-state index in [1.807, 2.05) is 18.2 Å². The van der Waals surface area contributed by atoms with Crippen molar-refractivity contribution >= 4 is 16.7 Å². The van der Waals surface area contributed by atoms with Gasteiger partial charge in [0.25, 0.3) is 0 Å². The lowest BCUT2D eigenvalue weighted by Gasteiger charge is -2.29. The van der Waals surface area contributed by atoms with Gasteiger partial charge in [-0.3, -0.25) is 0 Å². The van der Waals surface area contributed by atoms with Crippen LogP contribution in [0.25, 0.3) is 11.0 Å². The highest BCUT2D eigenvalue weighted by atomic mass is 16.3. The Balaban J connectivity index is 1.99. The van der Waals surface area contributed by atoms with Crippen LogP contribution in [0.1, 0.15) is 24.6 Å². The van der Waals surface area contributed by atoms with Crippen molar-refractivity contribution in [2.75, 3.05) is 5.73 Å². The molecule has 1 aliphatic rings. The van der Waals surface area contributed by atoms with Crippen molar-refractivity contribution in [1.82, 2.24) is 9.97 Å². The number of hydrogen-bond donors (Lipinski definition) is 3. The number of aromatic amines is 1. The van der Waals surface area contributed by atoms with E-state index in [1.165, 1.54) is 0 Å². The number of aromatic nitrogens is 2. The molecule has 0 unspecified atom stereocenters. The molecule has 1 aliphatic carbocycles. The van der Waals surface area contributed by atoms with Crippen LogP contribution in [0, 0.1) is 0 Å². The van der Waals surface area contributed by atoms with E-state index in [4.69, 9.17) is 5.73 Å². The SMILES string of the molecule is Nc1ccc2nc(C3CC(O)C3)[nH]c2c1. The molecule has 78 valence electrons. The lowest BCUT2D eigenvalue weighted by molar-refractivity contribution is 0.0720. The summed E-state index contributed by atoms with van der Waals surface area (Å²) in [5, 5.41) is 9.24. The molecular weight excluding hydrogens is 190 g/mol. The number of H-pyrrole nitrogens is 1. The first-order valence-electron chi connectivity index (χ1n) is 5.15. The lowest BCUT2D eigenvalue weighted by Crippen LogP contribution is -2.27. The first-order valence-corrected chi connectivity index (χ1v) is 5.15. The van der Waals surface area contributed by atoms with Crippen LogP contribution < -0.4 is 5.73 Å². The molecule has 2 aromatic rings. The van der Waals surface area contributed by atoms with Crippen LogP contribution in [0.15, 0.2) is 18.2 Å². The number of nitrogen functional groups attached to an aromatic ring is 1. The Morgan fingerprint density at radius 3 is 2.93 bits per heavy atom. The zero-order valence-corrected chi connectivity index (χ0v) is 8.27. The Morgan fingerprint density at radius 1 is 1.40 bits per heavy atom. The molecule has 1 aromatic heterocycles. The largest absolute Gasteiger partial charge is 0.399 e. The van der Waals surface area contributed by atoms with Gasteiger partial charge in [0.1, 0.15) is 5.82 Å². The third-order valence-electron chi connectivity index (χ3n) is 3.02. The second-order valence-corrected chi connectivity index (χ2v) is 4.22. The minimum absolute atomic E-state index is 0.145. The van der Waals surface area contributed by atoms with Crippen LogP contribution in [0.4, 0.5) is 5.69 Å². The molecule has 4 heteroatoms. The highest BCUT2D eigenvalue weighted by molar-refractivity contribution is 5.78. The molecule has 0 amide bonds. The first kappa shape index (κ1) is 8.73. The number of nitrogens with two attached hydrogens (primary N) is 1. The summed E-state index contributed by atoms with van der Waals surface area (Å²) >= 11 is 0. The summed E-state index contributed by atoms with van der Waals surface area (Å²) in [6.07, 6.45) is 1.48. The fourth-order valence-corrected chi connectivity index (χ4v) is 2.05. The van der Waals surface area contributed by atoms with Crippen LogP contribution in [0.3, 0.4) is 0 Å². The van der Waals surface area contributed by atoms with E-state index in [2.05, 4.69) is 9.97 Å². The fourth-order valence-electron chi connectivity index (χ4n) is 2.05. The lowest BCUT2D eigenvalue weighted by atomic mass is 9.82. The number of imidazole rings is 1. The second-order valence-electron chi connectivity index (χ2n) is 4.22. The minimum atomic E-state index is -0.145. The molecular formula is C11H13N3O. The number of nitrogens with zero attached hydrogens (tertiary/aromatic N) is 1. The molecule has 0 radical (unpaired) electrons. The maximum Gasteiger partial charge on any atom is 0.110 e. The smallest absolute Gasteiger partial charge is 0.110 e. The van der Waals surface area contributed by atoms with Gasteiger partial charge in [-0.25, -0.2) is 4.98 Å². The molecule has 1 aromatic carbocycles. The topological polar surface area (TPSA) is 74.9 Å². The maximum atomic E-state index is 9.24. The van der Waals surface area contributed by atoms with Crippen LogP contribution in [0.5, 0.6) is 0 Å². The summed E-state index contributed by atoms with van der Waals surface area (Å²) in [4.78, 5) is 7.74. The highest BCUT2D eigenvalue weighted by Crippen LogP contribution is 2.35. The summed E-state index contributed by atoms with van der Waals surface area (Å²) in [5.41, 5.74) is 8.36. The molecule has 0 saturated heterocycles. The monoisotopic (exact) mass is 203 g/mol. The molecule has 15 heavy (non-hydrogen) atoms. The van der Waals surface area contributed by atoms with Gasteiger partial charge in [-0.15, -0.1) is 0 Å². The van der Waals surface area contributed by atoms with E-state index >= 15 is 0 Å². The van der Waals surface area contributed by atoms with Gasteiger partial charge in [0, 0.05) is 11.6 Å². The Labute approximate surface area is 87.1 Å². The predicted octanol–water partition coefficient (Wildman–Crippen LogP) is 1.38. The molecule has 0 bridgehead atoms. The van der Waals surface area contributed by atoms with E-state index in [0.717, 1.165) is 35.4 Å². The van der Waals surface area contributed by atoms with Crippen LogP contribution >= 0.6 is 0 Å². The molecule has 0 atom stereocenters. The van der Waals surface area contributed by atoms with Gasteiger partial charge < -0.3 is 15.8 Å². The van der Waals surface area contributed by atoms with Gasteiger partial charge in [-0.05, 0) is 31.0 Å².